The Morgan fingerprint density at radius 2 is 2.23 bits per heavy atom. The number of aliphatic imine (C=N–C) groups is 1. The second-order valence-corrected chi connectivity index (χ2v) is 6.11. The molecular weight excluding hydrogens is 391 g/mol. The van der Waals surface area contributed by atoms with Crippen LogP contribution in [0.3, 0.4) is 0 Å². The van der Waals surface area contributed by atoms with Gasteiger partial charge in [-0.3, -0.25) is 9.67 Å². The van der Waals surface area contributed by atoms with Crippen molar-refractivity contribution < 1.29 is 0 Å². The Labute approximate surface area is 150 Å². The number of halogens is 1. The molecule has 1 saturated carbocycles. The van der Waals surface area contributed by atoms with Crippen LogP contribution in [-0.4, -0.2) is 53.9 Å². The van der Waals surface area contributed by atoms with Gasteiger partial charge in [-0.2, -0.15) is 5.10 Å². The minimum Gasteiger partial charge on any atom is -0.357 e. The average Bonchev–Trinajstić information content (AvgIpc) is 2.93. The first kappa shape index (κ1) is 19.2. The monoisotopic (exact) mass is 420 g/mol. The molecule has 6 nitrogen and oxygen atoms in total. The molecule has 1 aliphatic carbocycles. The van der Waals surface area contributed by atoms with Crippen molar-refractivity contribution in [2.75, 3.05) is 27.2 Å². The van der Waals surface area contributed by atoms with Crippen molar-refractivity contribution in [1.82, 2.24) is 25.3 Å². The molecule has 0 aliphatic heterocycles. The SMILES string of the molecule is CCNC(=NCC(c1cnn(C)c1)N(C)C)NC1CC1C.I. The van der Waals surface area contributed by atoms with Crippen molar-refractivity contribution in [3.05, 3.63) is 18.0 Å². The Morgan fingerprint density at radius 3 is 2.68 bits per heavy atom. The van der Waals surface area contributed by atoms with Crippen molar-refractivity contribution >= 4 is 29.9 Å². The van der Waals surface area contributed by atoms with E-state index in [-0.39, 0.29) is 30.0 Å². The highest BCUT2D eigenvalue weighted by atomic mass is 127. The van der Waals surface area contributed by atoms with Crippen molar-refractivity contribution in [3.8, 4) is 0 Å². The van der Waals surface area contributed by atoms with Gasteiger partial charge in [-0.15, -0.1) is 24.0 Å². The maximum absolute atomic E-state index is 4.75. The van der Waals surface area contributed by atoms with Crippen molar-refractivity contribution in [1.29, 1.82) is 0 Å². The summed E-state index contributed by atoms with van der Waals surface area (Å²) in [4.78, 5) is 6.94. The fraction of sp³-hybridized carbons (Fsp3) is 0.733. The second-order valence-electron chi connectivity index (χ2n) is 6.11. The molecule has 0 amide bonds. The summed E-state index contributed by atoms with van der Waals surface area (Å²) in [5, 5.41) is 11.1. The highest BCUT2D eigenvalue weighted by Crippen LogP contribution is 2.28. The molecule has 7 heteroatoms. The van der Waals surface area contributed by atoms with Crippen LogP contribution in [0.1, 0.15) is 31.9 Å². The number of guanidine groups is 1. The molecule has 3 atom stereocenters. The Morgan fingerprint density at radius 1 is 1.55 bits per heavy atom. The lowest BCUT2D eigenvalue weighted by Gasteiger charge is -2.22. The molecule has 1 aromatic heterocycles. The van der Waals surface area contributed by atoms with Gasteiger partial charge in [0.2, 0.25) is 0 Å². The van der Waals surface area contributed by atoms with Crippen LogP contribution < -0.4 is 10.6 Å². The minimum atomic E-state index is 0. The van der Waals surface area contributed by atoms with Gasteiger partial charge in [0.25, 0.3) is 0 Å². The molecule has 1 aromatic rings. The van der Waals surface area contributed by atoms with Crippen LogP contribution in [-0.2, 0) is 7.05 Å². The van der Waals surface area contributed by atoms with Gasteiger partial charge < -0.3 is 15.5 Å². The smallest absolute Gasteiger partial charge is 0.191 e. The van der Waals surface area contributed by atoms with Crippen LogP contribution in [0.25, 0.3) is 0 Å². The van der Waals surface area contributed by atoms with Gasteiger partial charge in [0, 0.05) is 31.4 Å². The van der Waals surface area contributed by atoms with Gasteiger partial charge in [0.1, 0.15) is 0 Å². The molecular formula is C15H29IN6. The maximum atomic E-state index is 4.75. The highest BCUT2D eigenvalue weighted by Gasteiger charge is 2.33. The van der Waals surface area contributed by atoms with E-state index in [0.717, 1.165) is 25.0 Å². The van der Waals surface area contributed by atoms with Crippen LogP contribution in [0.5, 0.6) is 0 Å². The van der Waals surface area contributed by atoms with Crippen LogP contribution in [0.4, 0.5) is 0 Å². The van der Waals surface area contributed by atoms with E-state index >= 15 is 0 Å². The zero-order chi connectivity index (χ0) is 15.4. The first-order valence-corrected chi connectivity index (χ1v) is 7.71. The summed E-state index contributed by atoms with van der Waals surface area (Å²) in [5.74, 6) is 1.68. The van der Waals surface area contributed by atoms with Crippen LogP contribution in [0, 0.1) is 5.92 Å². The Hall–Kier alpha value is -0.830. The molecule has 0 saturated heterocycles. The third-order valence-electron chi connectivity index (χ3n) is 3.93. The van der Waals surface area contributed by atoms with Gasteiger partial charge in [0.05, 0.1) is 18.8 Å². The highest BCUT2D eigenvalue weighted by molar-refractivity contribution is 14.0. The van der Waals surface area contributed by atoms with Gasteiger partial charge in [-0.25, -0.2) is 0 Å². The Kier molecular flexibility index (Phi) is 7.61. The van der Waals surface area contributed by atoms with Crippen molar-refractivity contribution in [2.24, 2.45) is 18.0 Å². The molecule has 1 fully saturated rings. The van der Waals surface area contributed by atoms with E-state index in [0.29, 0.717) is 6.04 Å². The number of nitrogens with zero attached hydrogens (tertiary/aromatic N) is 4. The van der Waals surface area contributed by atoms with E-state index in [4.69, 9.17) is 4.99 Å². The average molecular weight is 420 g/mol. The normalized spacial score (nSPS) is 22.2. The molecule has 1 aliphatic rings. The summed E-state index contributed by atoms with van der Waals surface area (Å²) in [5.41, 5.74) is 1.20. The zero-order valence-corrected chi connectivity index (χ0v) is 16.5. The summed E-state index contributed by atoms with van der Waals surface area (Å²) in [6, 6.07) is 0.824. The first-order chi connectivity index (χ1) is 10.0. The minimum absolute atomic E-state index is 0. The summed E-state index contributed by atoms with van der Waals surface area (Å²) in [6.45, 7) is 5.96. The summed E-state index contributed by atoms with van der Waals surface area (Å²) >= 11 is 0. The number of likely N-dealkylation sites (N-methyl/N-ethyl adjacent to an activating group) is 1. The van der Waals surface area contributed by atoms with Crippen LogP contribution >= 0.6 is 24.0 Å². The molecule has 0 radical (unpaired) electrons. The third-order valence-corrected chi connectivity index (χ3v) is 3.93. The molecule has 0 bridgehead atoms. The lowest BCUT2D eigenvalue weighted by Crippen LogP contribution is -2.39. The molecule has 2 N–H and O–H groups in total. The molecule has 126 valence electrons. The number of hydrogen-bond donors (Lipinski definition) is 2. The Balaban J connectivity index is 0.00000242. The van der Waals surface area contributed by atoms with E-state index in [1.54, 1.807) is 0 Å². The van der Waals surface area contributed by atoms with Gasteiger partial charge >= 0.3 is 0 Å². The number of nitrogens with one attached hydrogen (secondary N) is 2. The third kappa shape index (κ3) is 5.42. The quantitative estimate of drug-likeness (QED) is 0.417. The molecule has 2 rings (SSSR count). The van der Waals surface area contributed by atoms with E-state index < -0.39 is 0 Å². The van der Waals surface area contributed by atoms with E-state index in [1.165, 1.54) is 12.0 Å². The molecule has 22 heavy (non-hydrogen) atoms. The lowest BCUT2D eigenvalue weighted by molar-refractivity contribution is 0.306. The van der Waals surface area contributed by atoms with Crippen LogP contribution in [0.15, 0.2) is 17.4 Å². The fourth-order valence-electron chi connectivity index (χ4n) is 2.38. The molecule has 0 aromatic carbocycles. The van der Waals surface area contributed by atoms with Crippen molar-refractivity contribution in [3.63, 3.8) is 0 Å². The largest absolute Gasteiger partial charge is 0.357 e. The number of aromatic nitrogens is 2. The van der Waals surface area contributed by atoms with E-state index in [2.05, 4.69) is 54.8 Å². The molecule has 0 spiro atoms. The topological polar surface area (TPSA) is 57.5 Å². The number of hydrogen-bond acceptors (Lipinski definition) is 3. The number of aryl methyl sites for hydroxylation is 1. The van der Waals surface area contributed by atoms with E-state index in [1.807, 2.05) is 17.9 Å². The summed E-state index contributed by atoms with van der Waals surface area (Å²) in [6.07, 6.45) is 5.22. The maximum Gasteiger partial charge on any atom is 0.191 e. The number of rotatable bonds is 6. The van der Waals surface area contributed by atoms with Gasteiger partial charge in [-0.1, -0.05) is 6.92 Å². The predicted octanol–water partition coefficient (Wildman–Crippen LogP) is 1.60. The second kappa shape index (κ2) is 8.71. The summed E-state index contributed by atoms with van der Waals surface area (Å²) < 4.78 is 1.84. The lowest BCUT2D eigenvalue weighted by atomic mass is 10.1. The first-order valence-electron chi connectivity index (χ1n) is 7.71. The van der Waals surface area contributed by atoms with Crippen LogP contribution in [0.2, 0.25) is 0 Å². The van der Waals surface area contributed by atoms with E-state index in [9.17, 15) is 0 Å². The predicted molar refractivity (Wildman–Crippen MR) is 102 cm³/mol. The Bertz CT molecular complexity index is 484. The molecule has 1 heterocycles. The molecule has 3 unspecified atom stereocenters. The van der Waals surface area contributed by atoms with Crippen molar-refractivity contribution in [2.45, 2.75) is 32.4 Å². The zero-order valence-electron chi connectivity index (χ0n) is 14.2. The van der Waals surface area contributed by atoms with Gasteiger partial charge in [0.15, 0.2) is 5.96 Å². The standard InChI is InChI=1S/C15H28N6.HI/c1-6-16-15(19-13-7-11(13)2)17-9-14(20(3)4)12-8-18-21(5)10-12;/h8,10-11,13-14H,6-7,9H2,1-5H3,(H2,16,17,19);1H. The van der Waals surface area contributed by atoms with Gasteiger partial charge in [-0.05, 0) is 33.4 Å². The summed E-state index contributed by atoms with van der Waals surface area (Å²) in [7, 11) is 6.10. The fourth-order valence-corrected chi connectivity index (χ4v) is 2.38.